The van der Waals surface area contributed by atoms with Crippen LogP contribution in [0.25, 0.3) is 0 Å². The van der Waals surface area contributed by atoms with Gasteiger partial charge in [0.05, 0.1) is 6.61 Å². The minimum Gasteiger partial charge on any atom is -0.466 e. The van der Waals surface area contributed by atoms with E-state index in [0.717, 1.165) is 38.4 Å². The predicted octanol–water partition coefficient (Wildman–Crippen LogP) is 5.73. The Morgan fingerprint density at radius 3 is 1.59 bits per heavy atom. The van der Waals surface area contributed by atoms with Crippen LogP contribution in [0.3, 0.4) is 0 Å². The molecule has 0 spiro atoms. The largest absolute Gasteiger partial charge is 0.466 e. The topological polar surface area (TPSA) is 89.9 Å². The number of rotatable bonds is 19. The van der Waals surface area contributed by atoms with E-state index >= 15 is 0 Å². The van der Waals surface area contributed by atoms with E-state index in [9.17, 15) is 13.2 Å². The first kappa shape index (κ1) is 25.9. The van der Waals surface area contributed by atoms with Crippen LogP contribution in [0.5, 0.6) is 0 Å². The molecule has 6 nitrogen and oxygen atoms in total. The second-order valence-corrected chi connectivity index (χ2v) is 8.02. The Labute approximate surface area is 165 Å². The molecule has 0 aliphatic rings. The molecule has 0 aromatic rings. The molecule has 0 saturated heterocycles. The molecule has 0 atom stereocenters. The average Bonchev–Trinajstić information content (AvgIpc) is 2.58. The van der Waals surface area contributed by atoms with Crippen LogP contribution < -0.4 is 0 Å². The zero-order valence-corrected chi connectivity index (χ0v) is 17.7. The van der Waals surface area contributed by atoms with Crippen LogP contribution in [0.15, 0.2) is 12.3 Å². The van der Waals surface area contributed by atoms with Gasteiger partial charge < -0.3 is 8.92 Å². The molecule has 0 bridgehead atoms. The molecule has 0 rings (SSSR count). The Kier molecular flexibility index (Phi) is 17.6. The van der Waals surface area contributed by atoms with E-state index in [1.54, 1.807) is 6.08 Å². The Balaban J connectivity index is 3.12. The zero-order valence-electron chi connectivity index (χ0n) is 16.9. The second kappa shape index (κ2) is 18.3. The molecule has 0 radical (unpaired) electrons. The van der Waals surface area contributed by atoms with Crippen LogP contribution in [0.1, 0.15) is 103 Å². The predicted molar refractivity (Wildman–Crippen MR) is 108 cm³/mol. The minimum absolute atomic E-state index is 0.184. The summed E-state index contributed by atoms with van der Waals surface area (Å²) in [7, 11) is -4.35. The van der Waals surface area contributed by atoms with Gasteiger partial charge >= 0.3 is 16.4 Å². The molecule has 7 heteroatoms. The summed E-state index contributed by atoms with van der Waals surface area (Å²) in [6.07, 6.45) is 20.5. The lowest BCUT2D eigenvalue weighted by Gasteiger charge is -2.04. The smallest absolute Gasteiger partial charge is 0.445 e. The number of unbranched alkanes of at least 4 members (excludes halogenated alkanes) is 14. The van der Waals surface area contributed by atoms with Gasteiger partial charge in [-0.15, -0.1) is 0 Å². The van der Waals surface area contributed by atoms with E-state index in [1.165, 1.54) is 71.1 Å². The Hall–Kier alpha value is -1.08. The van der Waals surface area contributed by atoms with E-state index in [-0.39, 0.29) is 5.97 Å². The third-order valence-corrected chi connectivity index (χ3v) is 4.70. The molecule has 27 heavy (non-hydrogen) atoms. The van der Waals surface area contributed by atoms with Gasteiger partial charge in [0, 0.05) is 6.92 Å². The minimum atomic E-state index is -4.35. The molecule has 1 N–H and O–H groups in total. The summed E-state index contributed by atoms with van der Waals surface area (Å²) in [6, 6.07) is 0. The van der Waals surface area contributed by atoms with Crippen molar-refractivity contribution in [3.8, 4) is 0 Å². The number of carbonyl (C=O) groups is 1. The highest BCUT2D eigenvalue weighted by atomic mass is 32.3. The van der Waals surface area contributed by atoms with Gasteiger partial charge in [-0.05, 0) is 25.3 Å². The van der Waals surface area contributed by atoms with Crippen molar-refractivity contribution in [1.82, 2.24) is 0 Å². The van der Waals surface area contributed by atoms with Gasteiger partial charge in [-0.3, -0.25) is 9.35 Å². The van der Waals surface area contributed by atoms with Crippen LogP contribution in [-0.4, -0.2) is 25.5 Å². The van der Waals surface area contributed by atoms with Gasteiger partial charge in [-0.2, -0.15) is 8.42 Å². The van der Waals surface area contributed by atoms with E-state index in [1.807, 2.05) is 0 Å². The molecule has 0 aliphatic carbocycles. The fourth-order valence-electron chi connectivity index (χ4n) is 2.88. The maximum Gasteiger partial charge on any atom is 0.445 e. The quantitative estimate of drug-likeness (QED) is 0.127. The van der Waals surface area contributed by atoms with Gasteiger partial charge in [-0.1, -0.05) is 77.0 Å². The standard InChI is InChI=1S/C20H38O6S/c1-20(21)25-18-16-14-12-10-8-6-4-2-3-5-7-9-11-13-15-17-19-26-27(22,23)24/h17,19H,2-16,18H2,1H3,(H,22,23,24)/b19-17+. The molecular weight excluding hydrogens is 368 g/mol. The van der Waals surface area contributed by atoms with Gasteiger partial charge in [0.1, 0.15) is 6.26 Å². The van der Waals surface area contributed by atoms with Crippen molar-refractivity contribution in [2.24, 2.45) is 0 Å². The van der Waals surface area contributed by atoms with Crippen molar-refractivity contribution >= 4 is 16.4 Å². The van der Waals surface area contributed by atoms with E-state index in [0.29, 0.717) is 6.61 Å². The molecule has 0 amide bonds. The normalized spacial score (nSPS) is 11.8. The highest BCUT2D eigenvalue weighted by Crippen LogP contribution is 2.13. The van der Waals surface area contributed by atoms with Crippen LogP contribution in [0.2, 0.25) is 0 Å². The summed E-state index contributed by atoms with van der Waals surface area (Å²) in [6.45, 7) is 2.02. The first-order chi connectivity index (χ1) is 12.9. The monoisotopic (exact) mass is 406 g/mol. The highest BCUT2D eigenvalue weighted by molar-refractivity contribution is 7.81. The number of allylic oxidation sites excluding steroid dienone is 1. The summed E-state index contributed by atoms with van der Waals surface area (Å²) in [5.41, 5.74) is 0. The molecule has 0 aromatic heterocycles. The molecular formula is C20H38O6S. The molecule has 0 saturated carbocycles. The average molecular weight is 407 g/mol. The molecule has 0 heterocycles. The van der Waals surface area contributed by atoms with Crippen molar-refractivity contribution < 1.29 is 26.7 Å². The summed E-state index contributed by atoms with van der Waals surface area (Å²) in [4.78, 5) is 10.6. The zero-order chi connectivity index (χ0) is 20.2. The molecule has 0 unspecified atom stereocenters. The van der Waals surface area contributed by atoms with E-state index in [2.05, 4.69) is 4.18 Å². The number of esters is 1. The summed E-state index contributed by atoms with van der Waals surface area (Å²) in [5, 5.41) is 0. The lowest BCUT2D eigenvalue weighted by atomic mass is 10.0. The fraction of sp³-hybridized carbons (Fsp3) is 0.850. The van der Waals surface area contributed by atoms with Crippen molar-refractivity contribution in [2.45, 2.75) is 103 Å². The van der Waals surface area contributed by atoms with E-state index in [4.69, 9.17) is 9.29 Å². The van der Waals surface area contributed by atoms with Crippen molar-refractivity contribution in [2.75, 3.05) is 6.61 Å². The summed E-state index contributed by atoms with van der Waals surface area (Å²) in [5.74, 6) is -0.184. The Bertz CT molecular complexity index is 473. The van der Waals surface area contributed by atoms with Crippen LogP contribution in [-0.2, 0) is 24.1 Å². The molecule has 0 aromatic carbocycles. The lowest BCUT2D eigenvalue weighted by molar-refractivity contribution is -0.141. The fourth-order valence-corrected chi connectivity index (χ4v) is 3.10. The maximum absolute atomic E-state index is 10.6. The maximum atomic E-state index is 10.6. The molecule has 160 valence electrons. The number of hydrogen-bond donors (Lipinski definition) is 1. The molecule has 0 fully saturated rings. The van der Waals surface area contributed by atoms with Crippen LogP contribution >= 0.6 is 0 Å². The van der Waals surface area contributed by atoms with Gasteiger partial charge in [-0.25, -0.2) is 0 Å². The molecule has 0 aliphatic heterocycles. The van der Waals surface area contributed by atoms with E-state index < -0.39 is 10.4 Å². The first-order valence-electron chi connectivity index (χ1n) is 10.4. The first-order valence-corrected chi connectivity index (χ1v) is 11.7. The number of carbonyl (C=O) groups excluding carboxylic acids is 1. The van der Waals surface area contributed by atoms with Crippen LogP contribution in [0, 0.1) is 0 Å². The Morgan fingerprint density at radius 2 is 1.19 bits per heavy atom. The highest BCUT2D eigenvalue weighted by Gasteiger charge is 1.98. The number of ether oxygens (including phenoxy) is 1. The van der Waals surface area contributed by atoms with Crippen molar-refractivity contribution in [1.29, 1.82) is 0 Å². The second-order valence-electron chi connectivity index (χ2n) is 6.97. The van der Waals surface area contributed by atoms with Crippen LogP contribution in [0.4, 0.5) is 0 Å². The van der Waals surface area contributed by atoms with Gasteiger partial charge in [0.2, 0.25) is 0 Å². The van der Waals surface area contributed by atoms with Crippen molar-refractivity contribution in [3.63, 3.8) is 0 Å². The third kappa shape index (κ3) is 24.9. The summed E-state index contributed by atoms with van der Waals surface area (Å²) >= 11 is 0. The Morgan fingerprint density at radius 1 is 0.778 bits per heavy atom. The third-order valence-electron chi connectivity index (χ3n) is 4.34. The lowest BCUT2D eigenvalue weighted by Crippen LogP contribution is -2.00. The van der Waals surface area contributed by atoms with Crippen molar-refractivity contribution in [3.05, 3.63) is 12.3 Å². The SMILES string of the molecule is CC(=O)OCCCCCCCCCCCCCCCC/C=C/OS(=O)(=O)O. The van der Waals surface area contributed by atoms with Gasteiger partial charge in [0.15, 0.2) is 0 Å². The summed E-state index contributed by atoms with van der Waals surface area (Å²) < 4.78 is 38.0. The number of hydrogen-bond acceptors (Lipinski definition) is 5. The van der Waals surface area contributed by atoms with Gasteiger partial charge in [0.25, 0.3) is 0 Å².